The van der Waals surface area contributed by atoms with Gasteiger partial charge in [0.2, 0.25) is 0 Å². The van der Waals surface area contributed by atoms with Crippen LogP contribution in [0.2, 0.25) is 0 Å². The minimum atomic E-state index is -4.77. The molecule has 1 heterocycles. The van der Waals surface area contributed by atoms with E-state index in [-0.39, 0.29) is 29.6 Å². The summed E-state index contributed by atoms with van der Waals surface area (Å²) in [6.45, 7) is 1.62. The Morgan fingerprint density at radius 3 is 2.45 bits per heavy atom. The smallest absolute Gasteiger partial charge is 0.406 e. The van der Waals surface area contributed by atoms with Crippen LogP contribution >= 0.6 is 12.4 Å². The number of piperidine rings is 1. The first-order valence-corrected chi connectivity index (χ1v) is 6.72. The third kappa shape index (κ3) is 5.06. The molecule has 1 aromatic rings. The summed E-state index contributed by atoms with van der Waals surface area (Å²) < 4.78 is 41.2. The van der Waals surface area contributed by atoms with Crippen molar-refractivity contribution in [2.24, 2.45) is 0 Å². The van der Waals surface area contributed by atoms with Crippen LogP contribution in [0.25, 0.3) is 0 Å². The summed E-state index contributed by atoms with van der Waals surface area (Å²) >= 11 is 0. The Morgan fingerprint density at radius 2 is 1.91 bits per heavy atom. The number of amides is 1. The van der Waals surface area contributed by atoms with E-state index in [0.29, 0.717) is 5.56 Å². The molecule has 1 aromatic carbocycles. The van der Waals surface area contributed by atoms with Crippen molar-refractivity contribution >= 4 is 18.3 Å². The van der Waals surface area contributed by atoms with Gasteiger partial charge in [0.1, 0.15) is 5.75 Å². The fourth-order valence-corrected chi connectivity index (χ4v) is 2.48. The van der Waals surface area contributed by atoms with Crippen molar-refractivity contribution in [2.75, 3.05) is 20.1 Å². The molecule has 124 valence electrons. The van der Waals surface area contributed by atoms with E-state index in [0.717, 1.165) is 32.0 Å². The van der Waals surface area contributed by atoms with Gasteiger partial charge in [-0.2, -0.15) is 0 Å². The van der Waals surface area contributed by atoms with Gasteiger partial charge in [-0.3, -0.25) is 4.79 Å². The van der Waals surface area contributed by atoms with Gasteiger partial charge >= 0.3 is 6.36 Å². The molecule has 22 heavy (non-hydrogen) atoms. The van der Waals surface area contributed by atoms with Gasteiger partial charge in [-0.1, -0.05) is 0 Å². The molecule has 1 amide bonds. The standard InChI is InChI=1S/C14H17F3N2O2.ClH/c1-18-13(20)11-6-10(9-2-4-19-5-3-9)7-12(8-11)21-14(15,16)17;/h6-9,19H,2-5H2,1H3,(H,18,20);1H. The van der Waals surface area contributed by atoms with Crippen molar-refractivity contribution < 1.29 is 22.7 Å². The normalized spacial score (nSPS) is 15.8. The summed E-state index contributed by atoms with van der Waals surface area (Å²) in [7, 11) is 1.43. The summed E-state index contributed by atoms with van der Waals surface area (Å²) in [5.74, 6) is -0.651. The molecule has 2 rings (SSSR count). The van der Waals surface area contributed by atoms with E-state index in [1.807, 2.05) is 0 Å². The molecular weight excluding hydrogens is 321 g/mol. The predicted octanol–water partition coefficient (Wildman–Crippen LogP) is 2.83. The summed E-state index contributed by atoms with van der Waals surface area (Å²) in [6.07, 6.45) is -3.13. The fourth-order valence-electron chi connectivity index (χ4n) is 2.48. The number of ether oxygens (including phenoxy) is 1. The molecule has 0 aromatic heterocycles. The third-order valence-corrected chi connectivity index (χ3v) is 3.46. The summed E-state index contributed by atoms with van der Waals surface area (Å²) in [6, 6.07) is 4.12. The lowest BCUT2D eigenvalue weighted by Crippen LogP contribution is -2.27. The SMILES string of the molecule is CNC(=O)c1cc(OC(F)(F)F)cc(C2CCNCC2)c1.Cl. The Labute approximate surface area is 132 Å². The van der Waals surface area contributed by atoms with E-state index in [1.54, 1.807) is 6.07 Å². The van der Waals surface area contributed by atoms with Crippen LogP contribution in [0.4, 0.5) is 13.2 Å². The molecule has 0 spiro atoms. The van der Waals surface area contributed by atoms with E-state index in [4.69, 9.17) is 0 Å². The van der Waals surface area contributed by atoms with Crippen LogP contribution in [0, 0.1) is 0 Å². The first-order valence-electron chi connectivity index (χ1n) is 6.72. The topological polar surface area (TPSA) is 50.4 Å². The number of rotatable bonds is 3. The second-order valence-corrected chi connectivity index (χ2v) is 4.94. The summed E-state index contributed by atoms with van der Waals surface area (Å²) in [5, 5.41) is 5.61. The molecule has 2 N–H and O–H groups in total. The monoisotopic (exact) mass is 338 g/mol. The highest BCUT2D eigenvalue weighted by atomic mass is 35.5. The molecule has 1 aliphatic rings. The van der Waals surface area contributed by atoms with Crippen molar-refractivity contribution in [3.05, 3.63) is 29.3 Å². The number of benzene rings is 1. The maximum atomic E-state index is 12.4. The van der Waals surface area contributed by atoms with Gasteiger partial charge in [0, 0.05) is 12.6 Å². The van der Waals surface area contributed by atoms with E-state index >= 15 is 0 Å². The van der Waals surface area contributed by atoms with Gasteiger partial charge < -0.3 is 15.4 Å². The molecule has 1 fully saturated rings. The quantitative estimate of drug-likeness (QED) is 0.891. The second kappa shape index (κ2) is 7.69. The molecule has 1 aliphatic heterocycles. The van der Waals surface area contributed by atoms with E-state index < -0.39 is 12.3 Å². The molecule has 0 aliphatic carbocycles. The molecular formula is C14H18ClF3N2O2. The zero-order chi connectivity index (χ0) is 15.5. The first-order chi connectivity index (χ1) is 9.89. The van der Waals surface area contributed by atoms with E-state index in [1.165, 1.54) is 13.1 Å². The fraction of sp³-hybridized carbons (Fsp3) is 0.500. The van der Waals surface area contributed by atoms with E-state index in [9.17, 15) is 18.0 Å². The molecule has 0 bridgehead atoms. The number of hydrogen-bond donors (Lipinski definition) is 2. The Kier molecular flexibility index (Phi) is 6.49. The molecule has 8 heteroatoms. The van der Waals surface area contributed by atoms with Gasteiger partial charge in [-0.15, -0.1) is 25.6 Å². The van der Waals surface area contributed by atoms with Crippen molar-refractivity contribution in [3.8, 4) is 5.75 Å². The minimum Gasteiger partial charge on any atom is -0.406 e. The zero-order valence-corrected chi connectivity index (χ0v) is 12.8. The number of nitrogens with one attached hydrogen (secondary N) is 2. The van der Waals surface area contributed by atoms with Crippen molar-refractivity contribution in [1.82, 2.24) is 10.6 Å². The van der Waals surface area contributed by atoms with E-state index in [2.05, 4.69) is 15.4 Å². The predicted molar refractivity (Wildman–Crippen MR) is 78.6 cm³/mol. The van der Waals surface area contributed by atoms with Crippen molar-refractivity contribution in [3.63, 3.8) is 0 Å². The molecule has 0 atom stereocenters. The van der Waals surface area contributed by atoms with Crippen LogP contribution in [0.15, 0.2) is 18.2 Å². The highest BCUT2D eigenvalue weighted by Crippen LogP contribution is 2.31. The van der Waals surface area contributed by atoms with Gasteiger partial charge in [0.05, 0.1) is 0 Å². The van der Waals surface area contributed by atoms with Crippen LogP contribution < -0.4 is 15.4 Å². The third-order valence-electron chi connectivity index (χ3n) is 3.46. The average Bonchev–Trinajstić information content (AvgIpc) is 2.45. The van der Waals surface area contributed by atoms with Crippen LogP contribution in [0.3, 0.4) is 0 Å². The van der Waals surface area contributed by atoms with Crippen molar-refractivity contribution in [2.45, 2.75) is 25.1 Å². The average molecular weight is 339 g/mol. The number of alkyl halides is 3. The number of halogens is 4. The summed E-state index contributed by atoms with van der Waals surface area (Å²) in [4.78, 5) is 11.7. The van der Waals surface area contributed by atoms with Crippen LogP contribution in [0.5, 0.6) is 5.75 Å². The van der Waals surface area contributed by atoms with Crippen LogP contribution in [0.1, 0.15) is 34.7 Å². The first kappa shape index (κ1) is 18.6. The highest BCUT2D eigenvalue weighted by molar-refractivity contribution is 5.94. The van der Waals surface area contributed by atoms with Gasteiger partial charge in [-0.25, -0.2) is 0 Å². The summed E-state index contributed by atoms with van der Waals surface area (Å²) in [5.41, 5.74) is 0.879. The lowest BCUT2D eigenvalue weighted by atomic mass is 9.89. The Morgan fingerprint density at radius 1 is 1.27 bits per heavy atom. The second-order valence-electron chi connectivity index (χ2n) is 4.94. The molecule has 0 saturated carbocycles. The van der Waals surface area contributed by atoms with Crippen molar-refractivity contribution in [1.29, 1.82) is 0 Å². The molecule has 4 nitrogen and oxygen atoms in total. The van der Waals surface area contributed by atoms with Gasteiger partial charge in [0.25, 0.3) is 5.91 Å². The lowest BCUT2D eigenvalue weighted by Gasteiger charge is -2.24. The lowest BCUT2D eigenvalue weighted by molar-refractivity contribution is -0.274. The van der Waals surface area contributed by atoms with Gasteiger partial charge in [0.15, 0.2) is 0 Å². The number of carbonyl (C=O) groups excluding carboxylic acids is 1. The minimum absolute atomic E-state index is 0. The maximum Gasteiger partial charge on any atom is 0.573 e. The zero-order valence-electron chi connectivity index (χ0n) is 12.0. The van der Waals surface area contributed by atoms with Crippen LogP contribution in [-0.4, -0.2) is 32.4 Å². The number of carbonyl (C=O) groups is 1. The molecule has 0 radical (unpaired) electrons. The van der Waals surface area contributed by atoms with Gasteiger partial charge in [-0.05, 0) is 55.6 Å². The maximum absolute atomic E-state index is 12.4. The highest BCUT2D eigenvalue weighted by Gasteiger charge is 2.32. The Balaban J connectivity index is 0.00000242. The Hall–Kier alpha value is -1.47. The molecule has 1 saturated heterocycles. The number of hydrogen-bond acceptors (Lipinski definition) is 3. The Bertz CT molecular complexity index is 517. The largest absolute Gasteiger partial charge is 0.573 e. The molecule has 0 unspecified atom stereocenters. The van der Waals surface area contributed by atoms with Crippen LogP contribution in [-0.2, 0) is 0 Å².